The van der Waals surface area contributed by atoms with Crippen LogP contribution >= 0.6 is 11.3 Å². The van der Waals surface area contributed by atoms with E-state index in [9.17, 15) is 15.2 Å². The molecular formula is C7H9NO3S. The molecule has 66 valence electrons. The van der Waals surface area contributed by atoms with Crippen LogP contribution in [0, 0.1) is 10.1 Å². The van der Waals surface area contributed by atoms with Gasteiger partial charge < -0.3 is 5.11 Å². The van der Waals surface area contributed by atoms with Gasteiger partial charge in [0, 0.05) is 11.8 Å². The quantitative estimate of drug-likeness (QED) is 0.575. The Kier molecular flexibility index (Phi) is 2.78. The summed E-state index contributed by atoms with van der Waals surface area (Å²) in [6.07, 6.45) is -0.994. The topological polar surface area (TPSA) is 63.4 Å². The van der Waals surface area contributed by atoms with Gasteiger partial charge in [-0.15, -0.1) is 0 Å². The van der Waals surface area contributed by atoms with E-state index in [1.54, 1.807) is 16.8 Å². The summed E-state index contributed by atoms with van der Waals surface area (Å²) < 4.78 is 0. The highest BCUT2D eigenvalue weighted by Crippen LogP contribution is 2.20. The number of hydrogen-bond donors (Lipinski definition) is 1. The predicted molar refractivity (Wildman–Crippen MR) is 45.7 cm³/mol. The van der Waals surface area contributed by atoms with Gasteiger partial charge in [0.25, 0.3) is 0 Å². The van der Waals surface area contributed by atoms with Crippen molar-refractivity contribution in [3.05, 3.63) is 32.5 Å². The van der Waals surface area contributed by atoms with Crippen LogP contribution in [-0.2, 0) is 0 Å². The normalized spacial score (nSPS) is 15.5. The molecule has 1 heterocycles. The third-order valence-corrected chi connectivity index (χ3v) is 2.38. The summed E-state index contributed by atoms with van der Waals surface area (Å²) in [7, 11) is 0. The summed E-state index contributed by atoms with van der Waals surface area (Å²) in [5.74, 6) is 0. The Balaban J connectivity index is 2.71. The zero-order valence-corrected chi connectivity index (χ0v) is 7.32. The van der Waals surface area contributed by atoms with Crippen LogP contribution in [0.25, 0.3) is 0 Å². The van der Waals surface area contributed by atoms with E-state index in [2.05, 4.69) is 0 Å². The Morgan fingerprint density at radius 3 is 2.83 bits per heavy atom. The molecule has 2 atom stereocenters. The molecule has 0 aliphatic rings. The second-order valence-electron chi connectivity index (χ2n) is 2.53. The molecule has 1 aromatic heterocycles. The molecule has 0 aliphatic carbocycles. The molecule has 0 saturated carbocycles. The standard InChI is InChI=1S/C7H9NO3S/c1-5(8(10)11)7(9)6-2-3-12-4-6/h2-5,7,9H,1H3/t5-,7-/m0/s1. The van der Waals surface area contributed by atoms with Gasteiger partial charge in [0.15, 0.2) is 0 Å². The lowest BCUT2D eigenvalue weighted by Gasteiger charge is -2.09. The first-order valence-corrected chi connectivity index (χ1v) is 4.41. The first kappa shape index (κ1) is 9.15. The fourth-order valence-corrected chi connectivity index (χ4v) is 1.53. The Hall–Kier alpha value is -0.940. The molecule has 4 nitrogen and oxygen atoms in total. The maximum Gasteiger partial charge on any atom is 0.240 e. The van der Waals surface area contributed by atoms with Crippen molar-refractivity contribution < 1.29 is 10.0 Å². The van der Waals surface area contributed by atoms with Gasteiger partial charge in [-0.05, 0) is 22.4 Å². The van der Waals surface area contributed by atoms with E-state index in [1.165, 1.54) is 18.3 Å². The highest BCUT2D eigenvalue weighted by molar-refractivity contribution is 7.07. The van der Waals surface area contributed by atoms with E-state index >= 15 is 0 Å². The van der Waals surface area contributed by atoms with Crippen LogP contribution in [0.3, 0.4) is 0 Å². The fraction of sp³-hybridized carbons (Fsp3) is 0.429. The highest BCUT2D eigenvalue weighted by Gasteiger charge is 2.25. The Labute approximate surface area is 73.6 Å². The predicted octanol–water partition coefficient (Wildman–Crippen LogP) is 1.45. The second kappa shape index (κ2) is 3.64. The maximum atomic E-state index is 10.3. The highest BCUT2D eigenvalue weighted by atomic mass is 32.1. The molecule has 1 aromatic rings. The summed E-state index contributed by atoms with van der Waals surface area (Å²) in [4.78, 5) is 9.80. The Morgan fingerprint density at radius 2 is 2.42 bits per heavy atom. The Morgan fingerprint density at radius 1 is 1.75 bits per heavy atom. The van der Waals surface area contributed by atoms with Gasteiger partial charge in [0.05, 0.1) is 0 Å². The van der Waals surface area contributed by atoms with Gasteiger partial charge in [-0.1, -0.05) is 0 Å². The van der Waals surface area contributed by atoms with Gasteiger partial charge in [0.1, 0.15) is 6.10 Å². The van der Waals surface area contributed by atoms with Crippen molar-refractivity contribution in [2.75, 3.05) is 0 Å². The van der Waals surface area contributed by atoms with Crippen LogP contribution in [0.15, 0.2) is 16.8 Å². The lowest BCUT2D eigenvalue weighted by molar-refractivity contribution is -0.531. The monoisotopic (exact) mass is 187 g/mol. The van der Waals surface area contributed by atoms with Crippen LogP contribution in [0.2, 0.25) is 0 Å². The molecule has 0 amide bonds. The fourth-order valence-electron chi connectivity index (χ4n) is 0.837. The summed E-state index contributed by atoms with van der Waals surface area (Å²) >= 11 is 1.41. The molecule has 0 saturated heterocycles. The molecular weight excluding hydrogens is 178 g/mol. The third kappa shape index (κ3) is 1.80. The summed E-state index contributed by atoms with van der Waals surface area (Å²) in [5.41, 5.74) is 0.615. The number of aliphatic hydroxyl groups excluding tert-OH is 1. The van der Waals surface area contributed by atoms with Crippen LogP contribution in [0.1, 0.15) is 18.6 Å². The van der Waals surface area contributed by atoms with E-state index in [4.69, 9.17) is 0 Å². The van der Waals surface area contributed by atoms with Crippen molar-refractivity contribution in [1.82, 2.24) is 0 Å². The summed E-state index contributed by atoms with van der Waals surface area (Å²) in [6, 6.07) is 0.745. The largest absolute Gasteiger partial charge is 0.381 e. The molecule has 0 aromatic carbocycles. The van der Waals surface area contributed by atoms with E-state index in [-0.39, 0.29) is 0 Å². The van der Waals surface area contributed by atoms with Crippen molar-refractivity contribution >= 4 is 11.3 Å². The summed E-state index contributed by atoms with van der Waals surface area (Å²) in [5, 5.41) is 23.2. The average Bonchev–Trinajstić information content (AvgIpc) is 2.53. The number of nitro groups is 1. The van der Waals surface area contributed by atoms with E-state index < -0.39 is 17.1 Å². The van der Waals surface area contributed by atoms with Gasteiger partial charge in [-0.3, -0.25) is 10.1 Å². The van der Waals surface area contributed by atoms with Gasteiger partial charge in [-0.2, -0.15) is 11.3 Å². The lowest BCUT2D eigenvalue weighted by atomic mass is 10.1. The molecule has 12 heavy (non-hydrogen) atoms. The number of hydrogen-bond acceptors (Lipinski definition) is 4. The lowest BCUT2D eigenvalue weighted by Crippen LogP contribution is -2.23. The van der Waals surface area contributed by atoms with Gasteiger partial charge in [-0.25, -0.2) is 0 Å². The number of rotatable bonds is 3. The minimum Gasteiger partial charge on any atom is -0.381 e. The minimum absolute atomic E-state index is 0.484. The van der Waals surface area contributed by atoms with Crippen LogP contribution in [0.4, 0.5) is 0 Å². The minimum atomic E-state index is -0.994. The molecule has 0 unspecified atom stereocenters. The van der Waals surface area contributed by atoms with Crippen molar-refractivity contribution in [1.29, 1.82) is 0 Å². The molecule has 1 rings (SSSR count). The van der Waals surface area contributed by atoms with Crippen LogP contribution < -0.4 is 0 Å². The second-order valence-corrected chi connectivity index (χ2v) is 3.31. The molecule has 1 N–H and O–H groups in total. The zero-order chi connectivity index (χ0) is 9.14. The summed E-state index contributed by atoms with van der Waals surface area (Å²) in [6.45, 7) is 1.39. The SMILES string of the molecule is C[C@@H]([C@H](O)c1ccsc1)[N+](=O)[O-]. The zero-order valence-electron chi connectivity index (χ0n) is 6.51. The molecule has 0 radical (unpaired) electrons. The maximum absolute atomic E-state index is 10.3. The average molecular weight is 187 g/mol. The molecule has 5 heteroatoms. The first-order chi connectivity index (χ1) is 5.63. The van der Waals surface area contributed by atoms with Crippen molar-refractivity contribution in [3.8, 4) is 0 Å². The van der Waals surface area contributed by atoms with E-state index in [1.807, 2.05) is 0 Å². The number of thiophene rings is 1. The molecule has 0 aliphatic heterocycles. The molecule has 0 bridgehead atoms. The van der Waals surface area contributed by atoms with Crippen molar-refractivity contribution in [3.63, 3.8) is 0 Å². The van der Waals surface area contributed by atoms with Gasteiger partial charge >= 0.3 is 0 Å². The van der Waals surface area contributed by atoms with Crippen molar-refractivity contribution in [2.45, 2.75) is 19.1 Å². The smallest absolute Gasteiger partial charge is 0.240 e. The molecule has 0 spiro atoms. The van der Waals surface area contributed by atoms with E-state index in [0.29, 0.717) is 5.56 Å². The van der Waals surface area contributed by atoms with Crippen molar-refractivity contribution in [2.24, 2.45) is 0 Å². The first-order valence-electron chi connectivity index (χ1n) is 3.46. The number of aliphatic hydroxyl groups is 1. The molecule has 0 fully saturated rings. The van der Waals surface area contributed by atoms with Gasteiger partial charge in [0.2, 0.25) is 6.04 Å². The van der Waals surface area contributed by atoms with E-state index in [0.717, 1.165) is 0 Å². The number of nitrogens with zero attached hydrogens (tertiary/aromatic N) is 1. The Bertz CT molecular complexity index is 260. The third-order valence-electron chi connectivity index (χ3n) is 1.67. The van der Waals surface area contributed by atoms with Crippen LogP contribution in [0.5, 0.6) is 0 Å². The van der Waals surface area contributed by atoms with Crippen LogP contribution in [-0.4, -0.2) is 16.1 Å².